The molecule has 0 aliphatic carbocycles. The van der Waals surface area contributed by atoms with Gasteiger partial charge in [0.15, 0.2) is 0 Å². The molecule has 1 amide bonds. The predicted molar refractivity (Wildman–Crippen MR) is 74.9 cm³/mol. The van der Waals surface area contributed by atoms with Gasteiger partial charge in [-0.1, -0.05) is 24.3 Å². The summed E-state index contributed by atoms with van der Waals surface area (Å²) in [7, 11) is 0. The molecule has 1 aromatic rings. The number of rotatable bonds is 5. The SMILES string of the molecule is CCOC(C)CNC(=O)[C@@H]1Cc2ccccc2CN1. The Balaban J connectivity index is 1.85. The summed E-state index contributed by atoms with van der Waals surface area (Å²) in [5.74, 6) is 0.0565. The van der Waals surface area contributed by atoms with Crippen molar-refractivity contribution in [1.82, 2.24) is 10.6 Å². The van der Waals surface area contributed by atoms with Crippen molar-refractivity contribution in [2.75, 3.05) is 13.2 Å². The highest BCUT2D eigenvalue weighted by Gasteiger charge is 2.23. The number of benzene rings is 1. The van der Waals surface area contributed by atoms with Crippen LogP contribution in [0.15, 0.2) is 24.3 Å². The lowest BCUT2D eigenvalue weighted by molar-refractivity contribution is -0.123. The third kappa shape index (κ3) is 3.78. The lowest BCUT2D eigenvalue weighted by Gasteiger charge is -2.25. The summed E-state index contributed by atoms with van der Waals surface area (Å²) >= 11 is 0. The van der Waals surface area contributed by atoms with E-state index in [2.05, 4.69) is 22.8 Å². The van der Waals surface area contributed by atoms with Crippen molar-refractivity contribution in [3.05, 3.63) is 35.4 Å². The van der Waals surface area contributed by atoms with Crippen LogP contribution in [-0.2, 0) is 22.5 Å². The van der Waals surface area contributed by atoms with Crippen LogP contribution in [-0.4, -0.2) is 31.2 Å². The van der Waals surface area contributed by atoms with E-state index in [0.29, 0.717) is 13.2 Å². The Bertz CT molecular complexity index is 434. The molecule has 0 radical (unpaired) electrons. The number of ether oxygens (including phenoxy) is 1. The van der Waals surface area contributed by atoms with Crippen LogP contribution in [0, 0.1) is 0 Å². The van der Waals surface area contributed by atoms with Crippen molar-refractivity contribution in [1.29, 1.82) is 0 Å². The highest BCUT2D eigenvalue weighted by molar-refractivity contribution is 5.82. The van der Waals surface area contributed by atoms with Gasteiger partial charge in [0.1, 0.15) is 0 Å². The van der Waals surface area contributed by atoms with Crippen LogP contribution in [0.1, 0.15) is 25.0 Å². The standard InChI is InChI=1S/C15H22N2O2/c1-3-19-11(2)9-17-15(18)14-8-12-6-4-5-7-13(12)10-16-14/h4-7,11,14,16H,3,8-10H2,1-2H3,(H,17,18)/t11?,14-/m0/s1. The summed E-state index contributed by atoms with van der Waals surface area (Å²) in [6.45, 7) is 5.92. The number of amides is 1. The number of carbonyl (C=O) groups excluding carboxylic acids is 1. The van der Waals surface area contributed by atoms with Gasteiger partial charge in [0.25, 0.3) is 0 Å². The zero-order valence-corrected chi connectivity index (χ0v) is 11.6. The number of hydrogen-bond acceptors (Lipinski definition) is 3. The van der Waals surface area contributed by atoms with Gasteiger partial charge in [-0.3, -0.25) is 4.79 Å². The molecule has 1 aliphatic heterocycles. The van der Waals surface area contributed by atoms with Gasteiger partial charge >= 0.3 is 0 Å². The maximum absolute atomic E-state index is 12.1. The third-order valence-electron chi connectivity index (χ3n) is 3.41. The van der Waals surface area contributed by atoms with Crippen molar-refractivity contribution in [3.63, 3.8) is 0 Å². The van der Waals surface area contributed by atoms with Gasteiger partial charge in [-0.15, -0.1) is 0 Å². The molecule has 0 spiro atoms. The molecule has 0 aromatic heterocycles. The van der Waals surface area contributed by atoms with Crippen molar-refractivity contribution >= 4 is 5.91 Å². The molecular weight excluding hydrogens is 240 g/mol. The summed E-state index contributed by atoms with van der Waals surface area (Å²) < 4.78 is 5.40. The van der Waals surface area contributed by atoms with E-state index in [4.69, 9.17) is 4.74 Å². The first-order chi connectivity index (χ1) is 9.20. The predicted octanol–water partition coefficient (Wildman–Crippen LogP) is 1.24. The van der Waals surface area contributed by atoms with Crippen molar-refractivity contribution in [2.45, 2.75) is 39.0 Å². The van der Waals surface area contributed by atoms with E-state index in [1.807, 2.05) is 26.0 Å². The fraction of sp³-hybridized carbons (Fsp3) is 0.533. The number of hydrogen-bond donors (Lipinski definition) is 2. The topological polar surface area (TPSA) is 50.4 Å². The molecule has 1 aliphatic rings. The van der Waals surface area contributed by atoms with E-state index in [1.165, 1.54) is 11.1 Å². The summed E-state index contributed by atoms with van der Waals surface area (Å²) in [6, 6.07) is 8.12. The molecule has 1 heterocycles. The van der Waals surface area contributed by atoms with Gasteiger partial charge in [-0.2, -0.15) is 0 Å². The lowest BCUT2D eigenvalue weighted by Crippen LogP contribution is -2.49. The second-order valence-corrected chi connectivity index (χ2v) is 4.92. The monoisotopic (exact) mass is 262 g/mol. The molecule has 2 rings (SSSR count). The Morgan fingerprint density at radius 2 is 2.21 bits per heavy atom. The molecule has 4 nitrogen and oxygen atoms in total. The van der Waals surface area contributed by atoms with E-state index in [-0.39, 0.29) is 18.1 Å². The second-order valence-electron chi connectivity index (χ2n) is 4.92. The van der Waals surface area contributed by atoms with Crippen LogP contribution in [0.4, 0.5) is 0 Å². The molecule has 1 unspecified atom stereocenters. The fourth-order valence-electron chi connectivity index (χ4n) is 2.35. The van der Waals surface area contributed by atoms with Crippen LogP contribution in [0.2, 0.25) is 0 Å². The maximum atomic E-state index is 12.1. The highest BCUT2D eigenvalue weighted by atomic mass is 16.5. The van der Waals surface area contributed by atoms with Crippen LogP contribution in [0.5, 0.6) is 0 Å². The van der Waals surface area contributed by atoms with Crippen LogP contribution in [0.3, 0.4) is 0 Å². The largest absolute Gasteiger partial charge is 0.377 e. The fourth-order valence-corrected chi connectivity index (χ4v) is 2.35. The van der Waals surface area contributed by atoms with E-state index >= 15 is 0 Å². The zero-order chi connectivity index (χ0) is 13.7. The van der Waals surface area contributed by atoms with Crippen molar-refractivity contribution in [3.8, 4) is 0 Å². The number of nitrogens with one attached hydrogen (secondary N) is 2. The molecule has 1 aromatic carbocycles. The third-order valence-corrected chi connectivity index (χ3v) is 3.41. The average Bonchev–Trinajstić information content (AvgIpc) is 2.44. The maximum Gasteiger partial charge on any atom is 0.237 e. The molecule has 0 bridgehead atoms. The first-order valence-corrected chi connectivity index (χ1v) is 6.90. The molecule has 2 atom stereocenters. The van der Waals surface area contributed by atoms with E-state index < -0.39 is 0 Å². The Labute approximate surface area is 114 Å². The molecule has 4 heteroatoms. The summed E-state index contributed by atoms with van der Waals surface area (Å²) in [6.07, 6.45) is 0.815. The smallest absolute Gasteiger partial charge is 0.237 e. The molecule has 0 saturated heterocycles. The van der Waals surface area contributed by atoms with Gasteiger partial charge in [0.05, 0.1) is 12.1 Å². The summed E-state index contributed by atoms with van der Waals surface area (Å²) in [5.41, 5.74) is 2.55. The molecular formula is C15H22N2O2. The number of carbonyl (C=O) groups is 1. The Kier molecular flexibility index (Phi) is 4.93. The summed E-state index contributed by atoms with van der Waals surface area (Å²) in [4.78, 5) is 12.1. The molecule has 2 N–H and O–H groups in total. The first-order valence-electron chi connectivity index (χ1n) is 6.90. The highest BCUT2D eigenvalue weighted by Crippen LogP contribution is 2.16. The van der Waals surface area contributed by atoms with Gasteiger partial charge < -0.3 is 15.4 Å². The van der Waals surface area contributed by atoms with Gasteiger partial charge in [-0.25, -0.2) is 0 Å². The van der Waals surface area contributed by atoms with Gasteiger partial charge in [0.2, 0.25) is 5.91 Å². The van der Waals surface area contributed by atoms with Gasteiger partial charge in [-0.05, 0) is 31.4 Å². The van der Waals surface area contributed by atoms with Crippen molar-refractivity contribution in [2.24, 2.45) is 0 Å². The zero-order valence-electron chi connectivity index (χ0n) is 11.6. The molecule has 0 saturated carbocycles. The average molecular weight is 262 g/mol. The Hall–Kier alpha value is -1.39. The van der Waals surface area contributed by atoms with Crippen molar-refractivity contribution < 1.29 is 9.53 Å². The first kappa shape index (κ1) is 14.0. The normalized spacial score (nSPS) is 19.6. The Morgan fingerprint density at radius 1 is 1.47 bits per heavy atom. The van der Waals surface area contributed by atoms with E-state index in [1.54, 1.807) is 0 Å². The number of fused-ring (bicyclic) bond motifs is 1. The molecule has 104 valence electrons. The van der Waals surface area contributed by atoms with Crippen LogP contribution in [0.25, 0.3) is 0 Å². The van der Waals surface area contributed by atoms with E-state index in [9.17, 15) is 4.79 Å². The quantitative estimate of drug-likeness (QED) is 0.839. The molecule has 0 fully saturated rings. The van der Waals surface area contributed by atoms with Gasteiger partial charge in [0, 0.05) is 19.7 Å². The Morgan fingerprint density at radius 3 is 2.95 bits per heavy atom. The van der Waals surface area contributed by atoms with E-state index in [0.717, 1.165) is 13.0 Å². The van der Waals surface area contributed by atoms with Crippen LogP contribution >= 0.6 is 0 Å². The minimum absolute atomic E-state index is 0.0565. The second kappa shape index (κ2) is 6.68. The molecule has 19 heavy (non-hydrogen) atoms. The minimum atomic E-state index is -0.135. The lowest BCUT2D eigenvalue weighted by atomic mass is 9.95. The summed E-state index contributed by atoms with van der Waals surface area (Å²) in [5, 5.41) is 6.22. The minimum Gasteiger partial charge on any atom is -0.377 e. The van der Waals surface area contributed by atoms with Crippen LogP contribution < -0.4 is 10.6 Å².